The molecule has 0 aliphatic carbocycles. The van der Waals surface area contributed by atoms with Crippen LogP contribution in [0.25, 0.3) is 93.3 Å². The summed E-state index contributed by atoms with van der Waals surface area (Å²) in [5.74, 6) is 0. The Morgan fingerprint density at radius 1 is 0.357 bits per heavy atom. The van der Waals surface area contributed by atoms with Gasteiger partial charge in [0.25, 0.3) is 0 Å². The lowest BCUT2D eigenvalue weighted by molar-refractivity contribution is 0.668. The molecule has 0 saturated carbocycles. The Morgan fingerprint density at radius 3 is 1.79 bits per heavy atom. The van der Waals surface area contributed by atoms with Crippen molar-refractivity contribution in [3.63, 3.8) is 0 Å². The Morgan fingerprint density at radius 2 is 0.946 bits per heavy atom. The van der Waals surface area contributed by atoms with Gasteiger partial charge in [0.05, 0.1) is 16.7 Å². The number of hydrogen-bond acceptors (Lipinski definition) is 3. The summed E-state index contributed by atoms with van der Waals surface area (Å²) >= 11 is 0. The molecule has 0 bridgehead atoms. The van der Waals surface area contributed by atoms with Crippen molar-refractivity contribution in [3.8, 4) is 16.8 Å². The van der Waals surface area contributed by atoms with E-state index in [4.69, 9.17) is 8.83 Å². The number of fused-ring (bicyclic) bond motifs is 11. The smallest absolute Gasteiger partial charge is 0.137 e. The highest BCUT2D eigenvalue weighted by atomic mass is 16.3. The van der Waals surface area contributed by atoms with Crippen LogP contribution < -0.4 is 4.90 Å². The van der Waals surface area contributed by atoms with Gasteiger partial charge in [-0.2, -0.15) is 0 Å². The lowest BCUT2D eigenvalue weighted by Crippen LogP contribution is -2.09. The van der Waals surface area contributed by atoms with Gasteiger partial charge in [0.15, 0.2) is 0 Å². The highest BCUT2D eigenvalue weighted by molar-refractivity contribution is 6.21. The summed E-state index contributed by atoms with van der Waals surface area (Å²) in [6.07, 6.45) is 0. The van der Waals surface area contributed by atoms with E-state index in [0.29, 0.717) is 0 Å². The molecule has 0 aliphatic heterocycles. The minimum atomic E-state index is 0.855. The minimum absolute atomic E-state index is 0.855. The zero-order valence-corrected chi connectivity index (χ0v) is 30.2. The number of para-hydroxylation sites is 4. The zero-order chi connectivity index (χ0) is 36.7. The van der Waals surface area contributed by atoms with Crippen LogP contribution in [0.15, 0.2) is 203 Å². The average Bonchev–Trinajstić information content (AvgIpc) is 3.93. The fourth-order valence-electron chi connectivity index (χ4n) is 8.86. The summed E-state index contributed by atoms with van der Waals surface area (Å²) in [6, 6.07) is 69.1. The predicted molar refractivity (Wildman–Crippen MR) is 233 cm³/mol. The molecule has 262 valence electrons. The maximum Gasteiger partial charge on any atom is 0.137 e. The third-order valence-electron chi connectivity index (χ3n) is 11.4. The summed E-state index contributed by atoms with van der Waals surface area (Å²) in [4.78, 5) is 2.31. The van der Waals surface area contributed by atoms with Crippen molar-refractivity contribution < 1.29 is 8.83 Å². The van der Waals surface area contributed by atoms with Crippen LogP contribution in [-0.4, -0.2) is 4.57 Å². The zero-order valence-electron chi connectivity index (χ0n) is 30.2. The highest BCUT2D eigenvalue weighted by Crippen LogP contribution is 2.43. The van der Waals surface area contributed by atoms with Gasteiger partial charge in [-0.15, -0.1) is 0 Å². The average molecular weight is 717 g/mol. The molecule has 0 unspecified atom stereocenters. The van der Waals surface area contributed by atoms with E-state index >= 15 is 0 Å². The third-order valence-corrected chi connectivity index (χ3v) is 11.4. The van der Waals surface area contributed by atoms with Crippen LogP contribution in [0.2, 0.25) is 0 Å². The Balaban J connectivity index is 1.03. The van der Waals surface area contributed by atoms with Crippen LogP contribution in [0, 0.1) is 0 Å². The molecule has 0 atom stereocenters. The van der Waals surface area contributed by atoms with Gasteiger partial charge >= 0.3 is 0 Å². The van der Waals surface area contributed by atoms with Gasteiger partial charge < -0.3 is 18.3 Å². The fourth-order valence-corrected chi connectivity index (χ4v) is 8.86. The van der Waals surface area contributed by atoms with Gasteiger partial charge in [-0.25, -0.2) is 0 Å². The second-order valence-electron chi connectivity index (χ2n) is 14.5. The third kappa shape index (κ3) is 4.60. The quantitative estimate of drug-likeness (QED) is 0.178. The van der Waals surface area contributed by atoms with E-state index in [2.05, 4.69) is 179 Å². The van der Waals surface area contributed by atoms with Gasteiger partial charge in [0, 0.05) is 61.0 Å². The van der Waals surface area contributed by atoms with Crippen molar-refractivity contribution in [1.29, 1.82) is 0 Å². The Hall–Kier alpha value is -7.56. The molecule has 0 fully saturated rings. The van der Waals surface area contributed by atoms with Crippen LogP contribution in [0.1, 0.15) is 0 Å². The summed E-state index contributed by atoms with van der Waals surface area (Å²) < 4.78 is 15.1. The SMILES string of the molecule is c1ccc(-n2c3ccccc3c3c4ccccc4ccc32)c(-c2ccc(N(c3ccc4c(c3)oc3ccccc34)c3ccc4oc5ccccc5c4c3)cc2)c1. The topological polar surface area (TPSA) is 34.5 Å². The molecule has 3 aromatic heterocycles. The molecular formula is C52H32N2O2. The first-order valence-corrected chi connectivity index (χ1v) is 19.0. The second-order valence-corrected chi connectivity index (χ2v) is 14.5. The maximum absolute atomic E-state index is 6.40. The number of anilines is 3. The van der Waals surface area contributed by atoms with E-state index in [1.807, 2.05) is 24.3 Å². The van der Waals surface area contributed by atoms with Crippen molar-refractivity contribution in [2.24, 2.45) is 0 Å². The van der Waals surface area contributed by atoms with Crippen LogP contribution >= 0.6 is 0 Å². The van der Waals surface area contributed by atoms with Crippen LogP contribution in [0.3, 0.4) is 0 Å². The van der Waals surface area contributed by atoms with Crippen molar-refractivity contribution in [1.82, 2.24) is 4.57 Å². The molecule has 0 spiro atoms. The summed E-state index contributed by atoms with van der Waals surface area (Å²) in [5.41, 5.74) is 12.4. The normalized spacial score (nSPS) is 11.9. The first-order valence-electron chi connectivity index (χ1n) is 19.0. The van der Waals surface area contributed by atoms with E-state index in [0.717, 1.165) is 77.8 Å². The molecule has 9 aromatic carbocycles. The Labute approximate surface area is 321 Å². The second kappa shape index (κ2) is 12.0. The van der Waals surface area contributed by atoms with E-state index in [-0.39, 0.29) is 0 Å². The number of furan rings is 2. The number of aromatic nitrogens is 1. The van der Waals surface area contributed by atoms with Gasteiger partial charge in [-0.05, 0) is 89.1 Å². The summed E-state index contributed by atoms with van der Waals surface area (Å²) in [7, 11) is 0. The van der Waals surface area contributed by atoms with E-state index < -0.39 is 0 Å². The standard InChI is InChI=1S/C52H32N2O2/c1-2-13-39-33(11-1)23-29-47-52(39)43-16-4-8-18-46(43)54(47)45-17-7-3-12-38(45)34-21-24-35(25-22-34)53(36-27-30-50-44(31-36)41-15-6-10-20-49(41)55-50)37-26-28-42-40-14-5-9-19-48(40)56-51(42)32-37/h1-32H. The lowest BCUT2D eigenvalue weighted by atomic mass is 10.0. The van der Waals surface area contributed by atoms with Gasteiger partial charge in [-0.3, -0.25) is 0 Å². The highest BCUT2D eigenvalue weighted by Gasteiger charge is 2.20. The minimum Gasteiger partial charge on any atom is -0.456 e. The molecule has 0 amide bonds. The predicted octanol–water partition coefficient (Wildman–Crippen LogP) is 14.9. The Kier molecular flexibility index (Phi) is 6.60. The van der Waals surface area contributed by atoms with Crippen LogP contribution in [0.5, 0.6) is 0 Å². The van der Waals surface area contributed by atoms with E-state index in [1.165, 1.54) is 32.6 Å². The molecular weight excluding hydrogens is 685 g/mol. The fraction of sp³-hybridized carbons (Fsp3) is 0. The van der Waals surface area contributed by atoms with Crippen LogP contribution in [-0.2, 0) is 0 Å². The molecule has 0 N–H and O–H groups in total. The number of benzene rings is 9. The lowest BCUT2D eigenvalue weighted by Gasteiger charge is -2.26. The molecule has 0 radical (unpaired) electrons. The van der Waals surface area contributed by atoms with Gasteiger partial charge in [-0.1, -0.05) is 115 Å². The molecule has 4 heteroatoms. The van der Waals surface area contributed by atoms with Crippen LogP contribution in [0.4, 0.5) is 17.1 Å². The molecule has 12 rings (SSSR count). The van der Waals surface area contributed by atoms with E-state index in [9.17, 15) is 0 Å². The van der Waals surface area contributed by atoms with Crippen molar-refractivity contribution in [3.05, 3.63) is 194 Å². The molecule has 12 aromatic rings. The summed E-state index contributed by atoms with van der Waals surface area (Å²) in [6.45, 7) is 0. The summed E-state index contributed by atoms with van der Waals surface area (Å²) in [5, 5.41) is 9.45. The molecule has 0 saturated heterocycles. The van der Waals surface area contributed by atoms with Crippen molar-refractivity contribution in [2.75, 3.05) is 4.90 Å². The monoisotopic (exact) mass is 716 g/mol. The van der Waals surface area contributed by atoms with Crippen molar-refractivity contribution in [2.45, 2.75) is 0 Å². The Bertz CT molecular complexity index is 3490. The molecule has 0 aliphatic rings. The molecule has 3 heterocycles. The largest absolute Gasteiger partial charge is 0.456 e. The molecule has 56 heavy (non-hydrogen) atoms. The van der Waals surface area contributed by atoms with E-state index in [1.54, 1.807) is 0 Å². The van der Waals surface area contributed by atoms with Crippen molar-refractivity contribution >= 4 is 93.5 Å². The molecule has 4 nitrogen and oxygen atoms in total. The first-order chi connectivity index (χ1) is 27.8. The number of nitrogens with zero attached hydrogens (tertiary/aromatic N) is 2. The van der Waals surface area contributed by atoms with Gasteiger partial charge in [0.2, 0.25) is 0 Å². The van der Waals surface area contributed by atoms with Gasteiger partial charge in [0.1, 0.15) is 22.3 Å². The first kappa shape index (κ1) is 30.9. The number of rotatable bonds is 5. The number of hydrogen-bond donors (Lipinski definition) is 0. The maximum atomic E-state index is 6.40.